The summed E-state index contributed by atoms with van der Waals surface area (Å²) in [6.45, 7) is 0.767. The lowest BCUT2D eigenvalue weighted by Gasteiger charge is -2.07. The summed E-state index contributed by atoms with van der Waals surface area (Å²) >= 11 is 1.74. The Hall–Kier alpha value is -1.92. The highest BCUT2D eigenvalue weighted by molar-refractivity contribution is 7.98. The van der Waals surface area contributed by atoms with Crippen molar-refractivity contribution in [3.8, 4) is 6.07 Å². The van der Waals surface area contributed by atoms with Gasteiger partial charge in [-0.2, -0.15) is 5.26 Å². The van der Waals surface area contributed by atoms with E-state index in [1.54, 1.807) is 17.8 Å². The third-order valence-electron chi connectivity index (χ3n) is 2.65. The van der Waals surface area contributed by atoms with E-state index in [1.807, 2.05) is 18.2 Å². The van der Waals surface area contributed by atoms with E-state index in [2.05, 4.69) is 41.9 Å². The monoisotopic (exact) mass is 254 g/mol. The van der Waals surface area contributed by atoms with Crippen LogP contribution in [0.1, 0.15) is 11.1 Å². The molecular weight excluding hydrogens is 240 g/mol. The summed E-state index contributed by atoms with van der Waals surface area (Å²) in [6.07, 6.45) is 2.07. The van der Waals surface area contributed by atoms with E-state index < -0.39 is 0 Å². The minimum Gasteiger partial charge on any atom is -0.381 e. The van der Waals surface area contributed by atoms with Gasteiger partial charge in [0.15, 0.2) is 0 Å². The fraction of sp³-hybridized carbons (Fsp3) is 0.133. The quantitative estimate of drug-likeness (QED) is 0.841. The minimum absolute atomic E-state index is 0.678. The number of nitriles is 1. The van der Waals surface area contributed by atoms with Crippen LogP contribution in [0.3, 0.4) is 0 Å². The first-order chi connectivity index (χ1) is 8.81. The van der Waals surface area contributed by atoms with Gasteiger partial charge in [-0.15, -0.1) is 11.8 Å². The van der Waals surface area contributed by atoms with Gasteiger partial charge in [0.1, 0.15) is 0 Å². The van der Waals surface area contributed by atoms with Crippen molar-refractivity contribution in [3.05, 3.63) is 59.7 Å². The largest absolute Gasteiger partial charge is 0.381 e. The first kappa shape index (κ1) is 12.5. The van der Waals surface area contributed by atoms with Crippen LogP contribution in [0.25, 0.3) is 0 Å². The molecule has 0 aliphatic rings. The van der Waals surface area contributed by atoms with Crippen LogP contribution >= 0.6 is 11.8 Å². The molecule has 18 heavy (non-hydrogen) atoms. The normalized spacial score (nSPS) is 9.78. The molecule has 2 aromatic rings. The zero-order chi connectivity index (χ0) is 12.8. The number of thioether (sulfide) groups is 1. The van der Waals surface area contributed by atoms with E-state index in [-0.39, 0.29) is 0 Å². The number of benzene rings is 2. The lowest BCUT2D eigenvalue weighted by molar-refractivity contribution is 1.14. The maximum Gasteiger partial charge on any atom is 0.0992 e. The Bertz CT molecular complexity index is 555. The molecule has 2 rings (SSSR count). The van der Waals surface area contributed by atoms with Crippen molar-refractivity contribution in [2.45, 2.75) is 11.4 Å². The van der Waals surface area contributed by atoms with Crippen molar-refractivity contribution in [1.82, 2.24) is 0 Å². The van der Waals surface area contributed by atoms with Gasteiger partial charge in [-0.3, -0.25) is 0 Å². The molecule has 0 fully saturated rings. The zero-order valence-electron chi connectivity index (χ0n) is 10.2. The predicted octanol–water partition coefficient (Wildman–Crippen LogP) is 3.89. The number of nitrogens with one attached hydrogen (secondary N) is 1. The van der Waals surface area contributed by atoms with Gasteiger partial charge in [0.05, 0.1) is 11.6 Å². The molecule has 3 heteroatoms. The molecule has 0 aliphatic carbocycles. The molecule has 0 heterocycles. The number of nitrogens with zero attached hydrogens (tertiary/aromatic N) is 1. The molecular formula is C15H14N2S. The average Bonchev–Trinajstić information content (AvgIpc) is 2.46. The lowest BCUT2D eigenvalue weighted by Crippen LogP contribution is -1.99. The van der Waals surface area contributed by atoms with Crippen LogP contribution in [0.5, 0.6) is 0 Å². The highest BCUT2D eigenvalue weighted by atomic mass is 32.2. The molecule has 0 radical (unpaired) electrons. The molecule has 0 bridgehead atoms. The van der Waals surface area contributed by atoms with Crippen LogP contribution in [-0.2, 0) is 6.54 Å². The average molecular weight is 254 g/mol. The van der Waals surface area contributed by atoms with Crippen molar-refractivity contribution in [3.63, 3.8) is 0 Å². The molecule has 90 valence electrons. The maximum absolute atomic E-state index is 8.82. The SMILES string of the molecule is CSc1ccc(CNc2cccc(C#N)c2)cc1. The van der Waals surface area contributed by atoms with Gasteiger partial charge in [0.25, 0.3) is 0 Å². The molecule has 0 atom stereocenters. The Morgan fingerprint density at radius 1 is 1.17 bits per heavy atom. The van der Waals surface area contributed by atoms with Gasteiger partial charge in [0, 0.05) is 17.1 Å². The molecule has 0 aliphatic heterocycles. The molecule has 0 saturated carbocycles. The van der Waals surface area contributed by atoms with Gasteiger partial charge in [-0.05, 0) is 42.2 Å². The second-order valence-electron chi connectivity index (χ2n) is 3.89. The second-order valence-corrected chi connectivity index (χ2v) is 4.77. The predicted molar refractivity (Wildman–Crippen MR) is 76.7 cm³/mol. The van der Waals surface area contributed by atoms with Crippen LogP contribution in [0, 0.1) is 11.3 Å². The standard InChI is InChI=1S/C15H14N2S/c1-18-15-7-5-12(6-8-15)11-17-14-4-2-3-13(9-14)10-16/h2-9,17H,11H2,1H3. The minimum atomic E-state index is 0.678. The molecule has 0 saturated heterocycles. The summed E-state index contributed by atoms with van der Waals surface area (Å²) in [5, 5.41) is 12.1. The number of anilines is 1. The molecule has 0 unspecified atom stereocenters. The number of rotatable bonds is 4. The van der Waals surface area contributed by atoms with Crippen molar-refractivity contribution >= 4 is 17.4 Å². The van der Waals surface area contributed by atoms with Crippen LogP contribution in [0.4, 0.5) is 5.69 Å². The van der Waals surface area contributed by atoms with Crippen molar-refractivity contribution in [2.75, 3.05) is 11.6 Å². The highest BCUT2D eigenvalue weighted by Crippen LogP contribution is 2.16. The van der Waals surface area contributed by atoms with Crippen molar-refractivity contribution < 1.29 is 0 Å². The van der Waals surface area contributed by atoms with Gasteiger partial charge in [-0.25, -0.2) is 0 Å². The van der Waals surface area contributed by atoms with Gasteiger partial charge in [-0.1, -0.05) is 18.2 Å². The van der Waals surface area contributed by atoms with Crippen LogP contribution in [-0.4, -0.2) is 6.26 Å². The van der Waals surface area contributed by atoms with Crippen LogP contribution < -0.4 is 5.32 Å². The summed E-state index contributed by atoms with van der Waals surface area (Å²) < 4.78 is 0. The van der Waals surface area contributed by atoms with Crippen LogP contribution in [0.2, 0.25) is 0 Å². The Balaban J connectivity index is 2.00. The van der Waals surface area contributed by atoms with Crippen molar-refractivity contribution in [1.29, 1.82) is 5.26 Å². The van der Waals surface area contributed by atoms with Gasteiger partial charge >= 0.3 is 0 Å². The van der Waals surface area contributed by atoms with Gasteiger partial charge < -0.3 is 5.32 Å². The highest BCUT2D eigenvalue weighted by Gasteiger charge is 1.96. The van der Waals surface area contributed by atoms with E-state index in [0.29, 0.717) is 5.56 Å². The van der Waals surface area contributed by atoms with Gasteiger partial charge in [0.2, 0.25) is 0 Å². The molecule has 0 spiro atoms. The Morgan fingerprint density at radius 3 is 2.61 bits per heavy atom. The van der Waals surface area contributed by atoms with E-state index in [9.17, 15) is 0 Å². The Kier molecular flexibility index (Phi) is 4.27. The first-order valence-corrected chi connectivity index (χ1v) is 6.91. The lowest BCUT2D eigenvalue weighted by atomic mass is 10.2. The number of hydrogen-bond donors (Lipinski definition) is 1. The fourth-order valence-corrected chi connectivity index (χ4v) is 2.05. The number of hydrogen-bond acceptors (Lipinski definition) is 3. The topological polar surface area (TPSA) is 35.8 Å². The Morgan fingerprint density at radius 2 is 1.94 bits per heavy atom. The zero-order valence-corrected chi connectivity index (χ0v) is 11.0. The van der Waals surface area contributed by atoms with E-state index in [4.69, 9.17) is 5.26 Å². The molecule has 2 aromatic carbocycles. The summed E-state index contributed by atoms with van der Waals surface area (Å²) in [7, 11) is 0. The summed E-state index contributed by atoms with van der Waals surface area (Å²) in [5.41, 5.74) is 2.89. The second kappa shape index (κ2) is 6.13. The summed E-state index contributed by atoms with van der Waals surface area (Å²) in [4.78, 5) is 1.27. The van der Waals surface area contributed by atoms with E-state index in [0.717, 1.165) is 12.2 Å². The van der Waals surface area contributed by atoms with E-state index >= 15 is 0 Å². The maximum atomic E-state index is 8.82. The molecule has 2 nitrogen and oxygen atoms in total. The Labute approximate surface area is 112 Å². The summed E-state index contributed by atoms with van der Waals surface area (Å²) in [5.74, 6) is 0. The third kappa shape index (κ3) is 3.28. The smallest absolute Gasteiger partial charge is 0.0992 e. The fourth-order valence-electron chi connectivity index (χ4n) is 1.65. The van der Waals surface area contributed by atoms with Crippen molar-refractivity contribution in [2.24, 2.45) is 0 Å². The van der Waals surface area contributed by atoms with E-state index in [1.165, 1.54) is 10.5 Å². The molecule has 0 amide bonds. The first-order valence-electron chi connectivity index (χ1n) is 5.69. The third-order valence-corrected chi connectivity index (χ3v) is 3.39. The molecule has 0 aromatic heterocycles. The summed E-state index contributed by atoms with van der Waals surface area (Å²) in [6, 6.07) is 18.1. The molecule has 1 N–H and O–H groups in total. The van der Waals surface area contributed by atoms with Crippen LogP contribution in [0.15, 0.2) is 53.4 Å².